The van der Waals surface area contributed by atoms with Gasteiger partial charge in [-0.05, 0) is 43.3 Å². The van der Waals surface area contributed by atoms with Crippen molar-refractivity contribution in [2.75, 3.05) is 11.4 Å². The van der Waals surface area contributed by atoms with E-state index in [2.05, 4.69) is 15.2 Å². The number of fused-ring (bicyclic) bond motifs is 3. The molecule has 0 N–H and O–H groups in total. The Bertz CT molecular complexity index is 1470. The maximum absolute atomic E-state index is 13.3. The number of aromatic nitrogens is 4. The molecule has 9 heteroatoms. The van der Waals surface area contributed by atoms with Gasteiger partial charge in [0.15, 0.2) is 11.6 Å². The molecule has 5 rings (SSSR count). The molecule has 5 aromatic rings. The van der Waals surface area contributed by atoms with Gasteiger partial charge in [-0.15, -0.1) is 10.2 Å². The fourth-order valence-electron chi connectivity index (χ4n) is 3.33. The van der Waals surface area contributed by atoms with E-state index in [9.17, 15) is 8.42 Å². The minimum absolute atomic E-state index is 0.175. The molecule has 0 aliphatic heterocycles. The SMILES string of the molecule is Cc1ccc(S(=O)(=O)N(C)c2nc3ccccc3n3c(-c4ccco4)nnc23)cc1. The molecule has 8 nitrogen and oxygen atoms in total. The first-order chi connectivity index (χ1) is 14.5. The minimum atomic E-state index is -3.85. The summed E-state index contributed by atoms with van der Waals surface area (Å²) in [6, 6.07) is 17.6. The van der Waals surface area contributed by atoms with Crippen LogP contribution < -0.4 is 4.31 Å². The van der Waals surface area contributed by atoms with E-state index in [1.165, 1.54) is 7.05 Å². The van der Waals surface area contributed by atoms with E-state index in [0.29, 0.717) is 22.7 Å². The van der Waals surface area contributed by atoms with Crippen molar-refractivity contribution in [1.82, 2.24) is 19.6 Å². The number of para-hydroxylation sites is 2. The van der Waals surface area contributed by atoms with Crippen LogP contribution in [0.2, 0.25) is 0 Å². The van der Waals surface area contributed by atoms with Gasteiger partial charge in [0.2, 0.25) is 11.5 Å². The molecular formula is C21H17N5O3S. The zero-order valence-corrected chi connectivity index (χ0v) is 17.0. The summed E-state index contributed by atoms with van der Waals surface area (Å²) in [5.74, 6) is 1.17. The molecule has 0 fully saturated rings. The van der Waals surface area contributed by atoms with Gasteiger partial charge in [-0.25, -0.2) is 17.7 Å². The maximum atomic E-state index is 13.3. The van der Waals surface area contributed by atoms with Crippen LogP contribution in [0.3, 0.4) is 0 Å². The molecule has 0 bridgehead atoms. The van der Waals surface area contributed by atoms with Gasteiger partial charge in [0, 0.05) is 7.05 Å². The molecule has 0 aliphatic rings. The van der Waals surface area contributed by atoms with Crippen molar-refractivity contribution < 1.29 is 12.8 Å². The van der Waals surface area contributed by atoms with Crippen LogP contribution in [0.15, 0.2) is 76.2 Å². The van der Waals surface area contributed by atoms with Crippen molar-refractivity contribution in [2.24, 2.45) is 0 Å². The quantitative estimate of drug-likeness (QED) is 0.441. The third-order valence-corrected chi connectivity index (χ3v) is 6.69. The van der Waals surface area contributed by atoms with E-state index in [1.807, 2.05) is 31.2 Å². The van der Waals surface area contributed by atoms with Crippen LogP contribution in [0.4, 0.5) is 5.82 Å². The number of nitrogens with zero attached hydrogens (tertiary/aromatic N) is 5. The fraction of sp³-hybridized carbons (Fsp3) is 0.0952. The lowest BCUT2D eigenvalue weighted by Crippen LogP contribution is -2.28. The van der Waals surface area contributed by atoms with Crippen molar-refractivity contribution in [1.29, 1.82) is 0 Å². The number of hydrogen-bond donors (Lipinski definition) is 0. The Morgan fingerprint density at radius 3 is 2.47 bits per heavy atom. The van der Waals surface area contributed by atoms with Crippen molar-refractivity contribution in [3.05, 3.63) is 72.5 Å². The second-order valence-electron chi connectivity index (χ2n) is 6.87. The summed E-state index contributed by atoms with van der Waals surface area (Å²) in [5.41, 5.74) is 2.65. The van der Waals surface area contributed by atoms with Gasteiger partial charge >= 0.3 is 0 Å². The smallest absolute Gasteiger partial charge is 0.265 e. The highest BCUT2D eigenvalue weighted by molar-refractivity contribution is 7.92. The molecule has 0 amide bonds. The molecule has 0 radical (unpaired) electrons. The van der Waals surface area contributed by atoms with Crippen LogP contribution in [-0.4, -0.2) is 35.0 Å². The monoisotopic (exact) mass is 419 g/mol. The van der Waals surface area contributed by atoms with Gasteiger partial charge in [0.25, 0.3) is 10.0 Å². The van der Waals surface area contributed by atoms with Crippen molar-refractivity contribution in [2.45, 2.75) is 11.8 Å². The molecule has 0 saturated heterocycles. The largest absolute Gasteiger partial charge is 0.461 e. The van der Waals surface area contributed by atoms with Gasteiger partial charge < -0.3 is 4.42 Å². The van der Waals surface area contributed by atoms with Crippen LogP contribution in [0, 0.1) is 6.92 Å². The number of hydrogen-bond acceptors (Lipinski definition) is 6. The summed E-state index contributed by atoms with van der Waals surface area (Å²) in [5, 5.41) is 8.51. The van der Waals surface area contributed by atoms with Gasteiger partial charge in [-0.1, -0.05) is 29.8 Å². The van der Waals surface area contributed by atoms with E-state index in [1.54, 1.807) is 47.1 Å². The first kappa shape index (κ1) is 18.3. The van der Waals surface area contributed by atoms with Crippen molar-refractivity contribution in [3.63, 3.8) is 0 Å². The second kappa shape index (κ2) is 6.67. The molecule has 0 unspecified atom stereocenters. The van der Waals surface area contributed by atoms with E-state index < -0.39 is 10.0 Å². The number of rotatable bonds is 4. The fourth-order valence-corrected chi connectivity index (χ4v) is 4.47. The normalized spacial score (nSPS) is 11.9. The molecule has 30 heavy (non-hydrogen) atoms. The molecular weight excluding hydrogens is 402 g/mol. The lowest BCUT2D eigenvalue weighted by Gasteiger charge is -2.19. The highest BCUT2D eigenvalue weighted by Crippen LogP contribution is 2.30. The zero-order valence-electron chi connectivity index (χ0n) is 16.2. The van der Waals surface area contributed by atoms with Gasteiger partial charge in [0.1, 0.15) is 0 Å². The summed E-state index contributed by atoms with van der Waals surface area (Å²) in [4.78, 5) is 4.78. The standard InChI is InChI=1S/C21H17N5O3S/c1-14-9-11-15(12-10-14)30(27,28)25(2)20-21-24-23-19(18-8-5-13-29-18)26(21)17-7-4-3-6-16(17)22-20/h3-13H,1-2H3. The molecule has 0 spiro atoms. The third-order valence-electron chi connectivity index (χ3n) is 4.93. The maximum Gasteiger partial charge on any atom is 0.265 e. The van der Waals surface area contributed by atoms with E-state index in [0.717, 1.165) is 15.4 Å². The summed E-state index contributed by atoms with van der Waals surface area (Å²) < 4.78 is 34.9. The highest BCUT2D eigenvalue weighted by Gasteiger charge is 2.27. The van der Waals surface area contributed by atoms with Crippen LogP contribution in [0.25, 0.3) is 28.3 Å². The second-order valence-corrected chi connectivity index (χ2v) is 8.84. The third kappa shape index (κ3) is 2.74. The summed E-state index contributed by atoms with van der Waals surface area (Å²) in [7, 11) is -2.38. The minimum Gasteiger partial charge on any atom is -0.461 e. The Labute approximate surface area is 172 Å². The zero-order chi connectivity index (χ0) is 20.9. The molecule has 3 heterocycles. The Morgan fingerprint density at radius 1 is 0.967 bits per heavy atom. The van der Waals surface area contributed by atoms with Crippen LogP contribution >= 0.6 is 0 Å². The lowest BCUT2D eigenvalue weighted by molar-refractivity contribution is 0.576. The Hall–Kier alpha value is -3.72. The highest BCUT2D eigenvalue weighted by atomic mass is 32.2. The Morgan fingerprint density at radius 2 is 1.73 bits per heavy atom. The molecule has 0 saturated carbocycles. The molecule has 0 aliphatic carbocycles. The van der Waals surface area contributed by atoms with Gasteiger partial charge in [-0.3, -0.25) is 4.40 Å². The average Bonchev–Trinajstić information content (AvgIpc) is 3.43. The number of aryl methyl sites for hydroxylation is 1. The predicted molar refractivity (Wildman–Crippen MR) is 113 cm³/mol. The van der Waals surface area contributed by atoms with Crippen LogP contribution in [0.5, 0.6) is 0 Å². The topological polar surface area (TPSA) is 93.6 Å². The van der Waals surface area contributed by atoms with Crippen LogP contribution in [0.1, 0.15) is 5.56 Å². The summed E-state index contributed by atoms with van der Waals surface area (Å²) >= 11 is 0. The van der Waals surface area contributed by atoms with Gasteiger partial charge in [0.05, 0.1) is 22.2 Å². The Balaban J connectivity index is 1.78. The number of anilines is 1. The molecule has 2 aromatic carbocycles. The molecule has 3 aromatic heterocycles. The average molecular weight is 419 g/mol. The number of benzene rings is 2. The summed E-state index contributed by atoms with van der Waals surface area (Å²) in [6.07, 6.45) is 1.55. The predicted octanol–water partition coefficient (Wildman–Crippen LogP) is 3.67. The molecule has 150 valence electrons. The summed E-state index contributed by atoms with van der Waals surface area (Å²) in [6.45, 7) is 1.90. The Kier molecular flexibility index (Phi) is 4.07. The van der Waals surface area contributed by atoms with E-state index in [-0.39, 0.29) is 10.7 Å². The first-order valence-electron chi connectivity index (χ1n) is 9.20. The van der Waals surface area contributed by atoms with Crippen LogP contribution in [-0.2, 0) is 10.0 Å². The number of sulfonamides is 1. The lowest BCUT2D eigenvalue weighted by atomic mass is 10.2. The van der Waals surface area contributed by atoms with Crippen molar-refractivity contribution in [3.8, 4) is 11.6 Å². The molecule has 0 atom stereocenters. The van der Waals surface area contributed by atoms with E-state index in [4.69, 9.17) is 4.42 Å². The van der Waals surface area contributed by atoms with Crippen molar-refractivity contribution >= 4 is 32.5 Å². The van der Waals surface area contributed by atoms with Gasteiger partial charge in [-0.2, -0.15) is 0 Å². The first-order valence-corrected chi connectivity index (χ1v) is 10.6. The van der Waals surface area contributed by atoms with E-state index >= 15 is 0 Å². The number of furan rings is 1.